The molecule has 4 rings (SSSR count). The number of aromatic nitrogens is 2. The summed E-state index contributed by atoms with van der Waals surface area (Å²) in [6, 6.07) is 8.25. The zero-order chi connectivity index (χ0) is 23.6. The van der Waals surface area contributed by atoms with Crippen LogP contribution in [0.5, 0.6) is 0 Å². The largest absolute Gasteiger partial charge is 0.339 e. The second kappa shape index (κ2) is 9.54. The molecule has 0 aliphatic carbocycles. The molecule has 1 amide bonds. The van der Waals surface area contributed by atoms with E-state index < -0.39 is 15.9 Å². The molecule has 11 heteroatoms. The molecule has 1 fully saturated rings. The van der Waals surface area contributed by atoms with Gasteiger partial charge >= 0.3 is 0 Å². The van der Waals surface area contributed by atoms with Gasteiger partial charge in [0.15, 0.2) is 5.78 Å². The fraction of sp³-hybridized carbons (Fsp3) is 0.364. The third-order valence-corrected chi connectivity index (χ3v) is 8.77. The van der Waals surface area contributed by atoms with Crippen LogP contribution in [0.2, 0.25) is 0 Å². The van der Waals surface area contributed by atoms with Crippen molar-refractivity contribution in [1.29, 1.82) is 0 Å². The molecule has 1 aliphatic rings. The topological polar surface area (TPSA) is 122 Å². The molecule has 3 aromatic rings. The lowest BCUT2D eigenvalue weighted by molar-refractivity contribution is -0.120. The van der Waals surface area contributed by atoms with Crippen LogP contribution >= 0.6 is 11.3 Å². The first-order valence-electron chi connectivity index (χ1n) is 10.6. The van der Waals surface area contributed by atoms with Gasteiger partial charge in [-0.15, -0.1) is 11.3 Å². The Labute approximate surface area is 195 Å². The van der Waals surface area contributed by atoms with Gasteiger partial charge < -0.3 is 9.84 Å². The molecular weight excluding hydrogens is 464 g/mol. The maximum atomic E-state index is 13.2. The molecule has 0 saturated carbocycles. The minimum absolute atomic E-state index is 0.0932. The summed E-state index contributed by atoms with van der Waals surface area (Å²) in [6.45, 7) is 3.79. The van der Waals surface area contributed by atoms with Crippen LogP contribution in [0.4, 0.5) is 5.69 Å². The Bertz CT molecular complexity index is 1280. The van der Waals surface area contributed by atoms with Gasteiger partial charge in [0.25, 0.3) is 10.0 Å². The molecular formula is C22H24N4O5S2. The molecule has 1 aliphatic heterocycles. The Balaban J connectivity index is 1.47. The number of nitrogens with one attached hydrogen (secondary N) is 1. The predicted octanol–water partition coefficient (Wildman–Crippen LogP) is 3.60. The van der Waals surface area contributed by atoms with Crippen LogP contribution in [-0.4, -0.2) is 47.6 Å². The molecule has 174 valence electrons. The van der Waals surface area contributed by atoms with E-state index in [4.69, 9.17) is 4.52 Å². The van der Waals surface area contributed by atoms with Gasteiger partial charge in [-0.05, 0) is 38.0 Å². The number of ketones is 1. The second-order valence-electron chi connectivity index (χ2n) is 7.85. The van der Waals surface area contributed by atoms with Gasteiger partial charge in [-0.3, -0.25) is 9.59 Å². The number of piperidine rings is 1. The highest BCUT2D eigenvalue weighted by Crippen LogP contribution is 2.31. The Morgan fingerprint density at radius 1 is 1.30 bits per heavy atom. The lowest BCUT2D eigenvalue weighted by Gasteiger charge is -2.30. The van der Waals surface area contributed by atoms with Crippen LogP contribution in [0.15, 0.2) is 44.4 Å². The van der Waals surface area contributed by atoms with E-state index in [-0.39, 0.29) is 22.4 Å². The van der Waals surface area contributed by atoms with Crippen molar-refractivity contribution in [2.45, 2.75) is 37.3 Å². The fourth-order valence-corrected chi connectivity index (χ4v) is 6.48. The van der Waals surface area contributed by atoms with E-state index >= 15 is 0 Å². The number of hydrogen-bond acceptors (Lipinski definition) is 8. The number of Topliss-reactive ketones (excluding diaryl/α,β-unsaturated/α-hetero) is 1. The number of benzene rings is 1. The number of sulfonamides is 1. The number of nitrogens with zero attached hydrogens (tertiary/aromatic N) is 3. The summed E-state index contributed by atoms with van der Waals surface area (Å²) in [5.41, 5.74) is 1.60. The van der Waals surface area contributed by atoms with E-state index in [1.54, 1.807) is 35.7 Å². The molecule has 2 aromatic heterocycles. The molecule has 1 aromatic carbocycles. The summed E-state index contributed by atoms with van der Waals surface area (Å²) in [7, 11) is -3.76. The summed E-state index contributed by atoms with van der Waals surface area (Å²) >= 11 is 1.09. The quantitative estimate of drug-likeness (QED) is 0.504. The number of carbonyl (C=O) groups is 2. The minimum atomic E-state index is -3.76. The van der Waals surface area contributed by atoms with Gasteiger partial charge in [-0.2, -0.15) is 9.29 Å². The van der Waals surface area contributed by atoms with E-state index in [9.17, 15) is 18.0 Å². The monoisotopic (exact) mass is 488 g/mol. The molecule has 1 saturated heterocycles. The highest BCUT2D eigenvalue weighted by Gasteiger charge is 2.34. The van der Waals surface area contributed by atoms with Crippen molar-refractivity contribution in [3.63, 3.8) is 0 Å². The van der Waals surface area contributed by atoms with Gasteiger partial charge in [-0.25, -0.2) is 8.42 Å². The number of carbonyl (C=O) groups excluding carboxylic acids is 2. The van der Waals surface area contributed by atoms with Crippen LogP contribution in [0.3, 0.4) is 0 Å². The number of anilines is 1. The first-order valence-corrected chi connectivity index (χ1v) is 12.9. The highest BCUT2D eigenvalue weighted by atomic mass is 32.2. The van der Waals surface area contributed by atoms with Gasteiger partial charge in [-0.1, -0.05) is 24.2 Å². The van der Waals surface area contributed by atoms with Crippen molar-refractivity contribution in [3.8, 4) is 11.4 Å². The molecule has 3 heterocycles. The van der Waals surface area contributed by atoms with E-state index in [0.717, 1.165) is 11.3 Å². The molecule has 0 unspecified atom stereocenters. The normalized spacial score (nSPS) is 17.1. The predicted molar refractivity (Wildman–Crippen MR) is 124 cm³/mol. The highest BCUT2D eigenvalue weighted by molar-refractivity contribution is 7.91. The number of thiophene rings is 1. The number of aryl methyl sites for hydroxylation is 1. The number of amides is 1. The molecule has 0 spiro atoms. The lowest BCUT2D eigenvalue weighted by atomic mass is 9.98. The Morgan fingerprint density at radius 2 is 2.12 bits per heavy atom. The van der Waals surface area contributed by atoms with Crippen molar-refractivity contribution in [2.75, 3.05) is 18.4 Å². The van der Waals surface area contributed by atoms with E-state index in [1.165, 1.54) is 11.2 Å². The first kappa shape index (κ1) is 23.3. The standard InChI is InChI=1S/C22H24N4O5S2/c1-3-19-24-21(25-31-19)17-11-20(32-13-17)33(29,30)26-9-5-7-16(12-26)22(28)23-18-8-4-6-15(10-18)14(2)27/h4,6,8,10-11,13,16H,3,5,7,9,12H2,1-2H3,(H,23,28)/t16-/m0/s1. The Kier molecular flexibility index (Phi) is 6.73. The zero-order valence-electron chi connectivity index (χ0n) is 18.3. The molecule has 9 nitrogen and oxygen atoms in total. The molecule has 0 radical (unpaired) electrons. The van der Waals surface area contributed by atoms with Crippen LogP contribution < -0.4 is 5.32 Å². The SMILES string of the molecule is CCc1nc(-c2csc(S(=O)(=O)N3CCC[C@H](C(=O)Nc4cccc(C(C)=O)c4)C3)c2)no1. The average Bonchev–Trinajstić information content (AvgIpc) is 3.49. The maximum Gasteiger partial charge on any atom is 0.252 e. The smallest absolute Gasteiger partial charge is 0.252 e. The van der Waals surface area contributed by atoms with Crippen molar-refractivity contribution in [1.82, 2.24) is 14.4 Å². The van der Waals surface area contributed by atoms with E-state index in [2.05, 4.69) is 15.5 Å². The summed E-state index contributed by atoms with van der Waals surface area (Å²) < 4.78 is 33.1. The molecule has 1 atom stereocenters. The van der Waals surface area contributed by atoms with Crippen LogP contribution in [0, 0.1) is 5.92 Å². The summed E-state index contributed by atoms with van der Waals surface area (Å²) in [5.74, 6) is -0.00437. The van der Waals surface area contributed by atoms with E-state index in [0.29, 0.717) is 54.3 Å². The van der Waals surface area contributed by atoms with Gasteiger partial charge in [0.05, 0.1) is 5.92 Å². The maximum absolute atomic E-state index is 13.2. The second-order valence-corrected chi connectivity index (χ2v) is 10.9. The third-order valence-electron chi connectivity index (χ3n) is 5.49. The van der Waals surface area contributed by atoms with Crippen molar-refractivity contribution >= 4 is 38.7 Å². The molecule has 1 N–H and O–H groups in total. The number of hydrogen-bond donors (Lipinski definition) is 1. The lowest BCUT2D eigenvalue weighted by Crippen LogP contribution is -2.43. The van der Waals surface area contributed by atoms with Gasteiger partial charge in [0, 0.05) is 41.7 Å². The first-order chi connectivity index (χ1) is 15.8. The van der Waals surface area contributed by atoms with Crippen LogP contribution in [-0.2, 0) is 21.2 Å². The third kappa shape index (κ3) is 5.05. The van der Waals surface area contributed by atoms with Crippen molar-refractivity contribution in [3.05, 3.63) is 47.2 Å². The summed E-state index contributed by atoms with van der Waals surface area (Å²) in [4.78, 5) is 28.7. The van der Waals surface area contributed by atoms with Crippen molar-refractivity contribution in [2.24, 2.45) is 5.92 Å². The fourth-order valence-electron chi connectivity index (χ4n) is 3.65. The van der Waals surface area contributed by atoms with Gasteiger partial charge in [0.2, 0.25) is 17.6 Å². The molecule has 33 heavy (non-hydrogen) atoms. The minimum Gasteiger partial charge on any atom is -0.339 e. The van der Waals surface area contributed by atoms with Gasteiger partial charge in [0.1, 0.15) is 4.21 Å². The Hall–Kier alpha value is -2.89. The summed E-state index contributed by atoms with van der Waals surface area (Å²) in [6.07, 6.45) is 1.76. The zero-order valence-corrected chi connectivity index (χ0v) is 19.9. The van der Waals surface area contributed by atoms with Crippen LogP contribution in [0.1, 0.15) is 42.9 Å². The van der Waals surface area contributed by atoms with Crippen molar-refractivity contribution < 1.29 is 22.5 Å². The Morgan fingerprint density at radius 3 is 2.85 bits per heavy atom. The summed E-state index contributed by atoms with van der Waals surface area (Å²) in [5, 5.41) is 8.40. The average molecular weight is 489 g/mol. The number of rotatable bonds is 7. The molecule has 0 bridgehead atoms. The van der Waals surface area contributed by atoms with Crippen LogP contribution in [0.25, 0.3) is 11.4 Å². The van der Waals surface area contributed by atoms with E-state index in [1.807, 2.05) is 6.92 Å².